The SMILES string of the molecule is COc1cc2c(cc1OC)[C@@H](c1ccccc1)N(C(=S)Nc1ccccc1)CC2. The van der Waals surface area contributed by atoms with E-state index in [9.17, 15) is 0 Å². The fraction of sp³-hybridized carbons (Fsp3) is 0.208. The Morgan fingerprint density at radius 1 is 0.931 bits per heavy atom. The van der Waals surface area contributed by atoms with Gasteiger partial charge in [-0.3, -0.25) is 0 Å². The summed E-state index contributed by atoms with van der Waals surface area (Å²) in [7, 11) is 3.34. The van der Waals surface area contributed by atoms with E-state index in [1.165, 1.54) is 16.7 Å². The van der Waals surface area contributed by atoms with Crippen molar-refractivity contribution in [1.82, 2.24) is 4.90 Å². The van der Waals surface area contributed by atoms with E-state index in [1.54, 1.807) is 14.2 Å². The zero-order valence-electron chi connectivity index (χ0n) is 16.6. The largest absolute Gasteiger partial charge is 0.493 e. The number of benzene rings is 3. The molecule has 0 aliphatic carbocycles. The summed E-state index contributed by atoms with van der Waals surface area (Å²) in [6.07, 6.45) is 0.885. The third-order valence-electron chi connectivity index (χ3n) is 5.27. The van der Waals surface area contributed by atoms with Crippen molar-refractivity contribution in [1.29, 1.82) is 0 Å². The Morgan fingerprint density at radius 3 is 2.21 bits per heavy atom. The number of nitrogens with zero attached hydrogens (tertiary/aromatic N) is 1. The Bertz CT molecular complexity index is 993. The molecule has 0 spiro atoms. The van der Waals surface area contributed by atoms with Gasteiger partial charge in [0, 0.05) is 12.2 Å². The number of ether oxygens (including phenoxy) is 2. The minimum Gasteiger partial charge on any atom is -0.493 e. The first-order chi connectivity index (χ1) is 14.2. The van der Waals surface area contributed by atoms with Gasteiger partial charge in [-0.25, -0.2) is 0 Å². The summed E-state index contributed by atoms with van der Waals surface area (Å²) in [5.41, 5.74) is 4.63. The average Bonchev–Trinajstić information content (AvgIpc) is 2.78. The standard InChI is InChI=1S/C24H24N2O2S/c1-27-21-15-18-13-14-26(24(29)25-19-11-7-4-8-12-19)23(17-9-5-3-6-10-17)20(18)16-22(21)28-2/h3-12,15-16,23H,13-14H2,1-2H3,(H,25,29)/t23-/m1/s1. The summed E-state index contributed by atoms with van der Waals surface area (Å²) in [6, 6.07) is 24.7. The van der Waals surface area contributed by atoms with Crippen LogP contribution in [-0.2, 0) is 6.42 Å². The molecule has 29 heavy (non-hydrogen) atoms. The van der Waals surface area contributed by atoms with Crippen LogP contribution in [0.2, 0.25) is 0 Å². The first kappa shape index (κ1) is 19.3. The second-order valence-corrected chi connectivity index (χ2v) is 7.35. The maximum Gasteiger partial charge on any atom is 0.174 e. The van der Waals surface area contributed by atoms with Gasteiger partial charge in [-0.05, 0) is 59.6 Å². The lowest BCUT2D eigenvalue weighted by Crippen LogP contribution is -2.42. The molecule has 1 N–H and O–H groups in total. The number of hydrogen-bond acceptors (Lipinski definition) is 3. The Labute approximate surface area is 177 Å². The molecule has 1 aliphatic heterocycles. The van der Waals surface area contributed by atoms with Crippen molar-refractivity contribution in [3.63, 3.8) is 0 Å². The maximum absolute atomic E-state index is 5.83. The van der Waals surface area contributed by atoms with Crippen molar-refractivity contribution < 1.29 is 9.47 Å². The predicted octanol–water partition coefficient (Wildman–Crippen LogP) is 5.05. The fourth-order valence-corrected chi connectivity index (χ4v) is 4.19. The minimum absolute atomic E-state index is 0.00321. The highest BCUT2D eigenvalue weighted by Gasteiger charge is 2.31. The second-order valence-electron chi connectivity index (χ2n) is 6.96. The van der Waals surface area contributed by atoms with Crippen molar-refractivity contribution >= 4 is 23.0 Å². The molecule has 0 amide bonds. The molecule has 0 unspecified atom stereocenters. The number of thiocarbonyl (C=S) groups is 1. The maximum atomic E-state index is 5.83. The second kappa shape index (κ2) is 8.53. The van der Waals surface area contributed by atoms with Crippen molar-refractivity contribution in [2.75, 3.05) is 26.1 Å². The van der Waals surface area contributed by atoms with E-state index < -0.39 is 0 Å². The Hall–Kier alpha value is -3.05. The van der Waals surface area contributed by atoms with E-state index in [0.29, 0.717) is 5.11 Å². The van der Waals surface area contributed by atoms with Crippen LogP contribution in [0.25, 0.3) is 0 Å². The summed E-state index contributed by atoms with van der Waals surface area (Å²) in [4.78, 5) is 2.26. The smallest absolute Gasteiger partial charge is 0.174 e. The number of fused-ring (bicyclic) bond motifs is 1. The summed E-state index contributed by atoms with van der Waals surface area (Å²) >= 11 is 5.83. The average molecular weight is 405 g/mol. The number of anilines is 1. The summed E-state index contributed by atoms with van der Waals surface area (Å²) in [5.74, 6) is 1.49. The lowest BCUT2D eigenvalue weighted by atomic mass is 9.88. The van der Waals surface area contributed by atoms with Crippen molar-refractivity contribution in [2.45, 2.75) is 12.5 Å². The Balaban J connectivity index is 1.76. The fourth-order valence-electron chi connectivity index (χ4n) is 3.88. The molecule has 4 rings (SSSR count). The highest BCUT2D eigenvalue weighted by molar-refractivity contribution is 7.80. The predicted molar refractivity (Wildman–Crippen MR) is 121 cm³/mol. The van der Waals surface area contributed by atoms with E-state index in [2.05, 4.69) is 46.6 Å². The van der Waals surface area contributed by atoms with Crippen LogP contribution in [0, 0.1) is 0 Å². The molecule has 0 saturated heterocycles. The molecular weight excluding hydrogens is 380 g/mol. The topological polar surface area (TPSA) is 33.7 Å². The van der Waals surface area contributed by atoms with E-state index in [1.807, 2.05) is 36.4 Å². The molecule has 0 radical (unpaired) electrons. The van der Waals surface area contributed by atoms with Crippen molar-refractivity contribution in [2.24, 2.45) is 0 Å². The summed E-state index contributed by atoms with van der Waals surface area (Å²) in [5, 5.41) is 4.11. The zero-order valence-corrected chi connectivity index (χ0v) is 17.4. The molecule has 3 aromatic rings. The molecule has 0 aromatic heterocycles. The lowest BCUT2D eigenvalue weighted by Gasteiger charge is -2.39. The van der Waals surface area contributed by atoms with Crippen molar-refractivity contribution in [3.8, 4) is 11.5 Å². The molecule has 148 valence electrons. The van der Waals surface area contributed by atoms with Crippen molar-refractivity contribution in [3.05, 3.63) is 89.5 Å². The van der Waals surface area contributed by atoms with Crippen LogP contribution in [-0.4, -0.2) is 30.8 Å². The van der Waals surface area contributed by atoms with Gasteiger partial charge in [0.15, 0.2) is 16.6 Å². The van der Waals surface area contributed by atoms with Crippen LogP contribution in [0.15, 0.2) is 72.8 Å². The third-order valence-corrected chi connectivity index (χ3v) is 5.61. The zero-order chi connectivity index (χ0) is 20.2. The summed E-state index contributed by atoms with van der Waals surface area (Å²) in [6.45, 7) is 0.820. The van der Waals surface area contributed by atoms with Gasteiger partial charge in [-0.15, -0.1) is 0 Å². The third kappa shape index (κ3) is 3.91. The van der Waals surface area contributed by atoms with E-state index in [-0.39, 0.29) is 6.04 Å². The number of nitrogens with one attached hydrogen (secondary N) is 1. The molecule has 1 heterocycles. The first-order valence-electron chi connectivity index (χ1n) is 9.63. The molecule has 3 aromatic carbocycles. The molecule has 0 fully saturated rings. The molecule has 1 aliphatic rings. The molecular formula is C24H24N2O2S. The van der Waals surface area contributed by atoms with Gasteiger partial charge in [0.25, 0.3) is 0 Å². The van der Waals surface area contributed by atoms with Crippen LogP contribution in [0.1, 0.15) is 22.7 Å². The van der Waals surface area contributed by atoms with Gasteiger partial charge < -0.3 is 19.7 Å². The number of methoxy groups -OCH3 is 2. The van der Waals surface area contributed by atoms with Crippen LogP contribution in [0.4, 0.5) is 5.69 Å². The first-order valence-corrected chi connectivity index (χ1v) is 10.0. The number of rotatable bonds is 4. The van der Waals surface area contributed by atoms with Crippen LogP contribution < -0.4 is 14.8 Å². The number of hydrogen-bond donors (Lipinski definition) is 1. The van der Waals surface area contributed by atoms with Gasteiger partial charge in [0.05, 0.1) is 20.3 Å². The number of para-hydroxylation sites is 1. The molecule has 0 bridgehead atoms. The Kier molecular flexibility index (Phi) is 5.67. The normalized spacial score (nSPS) is 15.4. The van der Waals surface area contributed by atoms with Gasteiger partial charge in [0.2, 0.25) is 0 Å². The summed E-state index contributed by atoms with van der Waals surface area (Å²) < 4.78 is 11.1. The molecule has 0 saturated carbocycles. The molecule has 1 atom stereocenters. The molecule has 4 nitrogen and oxygen atoms in total. The van der Waals surface area contributed by atoms with E-state index in [0.717, 1.165) is 30.2 Å². The minimum atomic E-state index is 0.00321. The van der Waals surface area contributed by atoms with Gasteiger partial charge in [-0.1, -0.05) is 48.5 Å². The lowest BCUT2D eigenvalue weighted by molar-refractivity contribution is 0.330. The van der Waals surface area contributed by atoms with Crippen LogP contribution in [0.5, 0.6) is 11.5 Å². The Morgan fingerprint density at radius 2 is 1.55 bits per heavy atom. The van der Waals surface area contributed by atoms with Gasteiger partial charge in [-0.2, -0.15) is 0 Å². The van der Waals surface area contributed by atoms with Gasteiger partial charge in [0.1, 0.15) is 0 Å². The van der Waals surface area contributed by atoms with E-state index in [4.69, 9.17) is 21.7 Å². The molecule has 5 heteroatoms. The van der Waals surface area contributed by atoms with E-state index >= 15 is 0 Å². The monoisotopic (exact) mass is 404 g/mol. The van der Waals surface area contributed by atoms with Crippen LogP contribution in [0.3, 0.4) is 0 Å². The quantitative estimate of drug-likeness (QED) is 0.616. The highest BCUT2D eigenvalue weighted by Crippen LogP contribution is 2.41. The highest BCUT2D eigenvalue weighted by atomic mass is 32.1. The van der Waals surface area contributed by atoms with Crippen LogP contribution >= 0.6 is 12.2 Å². The van der Waals surface area contributed by atoms with Gasteiger partial charge >= 0.3 is 0 Å².